The van der Waals surface area contributed by atoms with Crippen LogP contribution in [0.15, 0.2) is 0 Å². The highest BCUT2D eigenvalue weighted by Gasteiger charge is 2.19. The molecule has 0 aliphatic carbocycles. The van der Waals surface area contributed by atoms with E-state index < -0.39 is 6.29 Å². The van der Waals surface area contributed by atoms with Crippen LogP contribution in [0.5, 0.6) is 0 Å². The molecular weight excluding hydrogens is 139 g/mol. The van der Waals surface area contributed by atoms with Gasteiger partial charge in [0.1, 0.15) is 0 Å². The molecule has 0 bridgehead atoms. The molecule has 1 rings (SSSR count). The molecule has 0 saturated carbocycles. The summed E-state index contributed by atoms with van der Waals surface area (Å²) in [5, 5.41) is 8.90. The molecule has 1 fully saturated rings. The molecule has 54 valence electrons. The van der Waals surface area contributed by atoms with E-state index in [1.807, 2.05) is 0 Å². The van der Waals surface area contributed by atoms with Crippen LogP contribution in [0.1, 0.15) is 12.8 Å². The Balaban J connectivity index is 2.23. The number of rotatable bonds is 1. The molecule has 0 radical (unpaired) electrons. The molecule has 0 amide bonds. The second-order valence-corrected chi connectivity index (χ2v) is 2.38. The van der Waals surface area contributed by atoms with Crippen LogP contribution in [0, 0.1) is 0 Å². The Labute approximate surface area is 56.6 Å². The Hall–Kier alpha value is 0.310. The second kappa shape index (κ2) is 3.47. The summed E-state index contributed by atoms with van der Waals surface area (Å²) >= 11 is 0. The van der Waals surface area contributed by atoms with E-state index >= 15 is 0 Å². The number of hydrogen-bond acceptors (Lipinski definition) is 3. The van der Waals surface area contributed by atoms with Crippen LogP contribution in [0.25, 0.3) is 0 Å². The van der Waals surface area contributed by atoms with Gasteiger partial charge in [-0.15, -0.1) is 0 Å². The maximum absolute atomic E-state index is 8.90. The van der Waals surface area contributed by atoms with Gasteiger partial charge in [0.05, 0.1) is 12.7 Å². The van der Waals surface area contributed by atoms with E-state index in [0.29, 0.717) is 13.0 Å². The SMILES string of the molecule is OC1CC(OP)CCO1. The predicted molar refractivity (Wildman–Crippen MR) is 35.8 cm³/mol. The molecule has 1 aliphatic heterocycles. The van der Waals surface area contributed by atoms with Gasteiger partial charge in [0, 0.05) is 15.9 Å². The monoisotopic (exact) mass is 150 g/mol. The van der Waals surface area contributed by atoms with Gasteiger partial charge in [-0.05, 0) is 6.42 Å². The topological polar surface area (TPSA) is 38.7 Å². The van der Waals surface area contributed by atoms with E-state index in [1.165, 1.54) is 0 Å². The predicted octanol–water partition coefficient (Wildman–Crippen LogP) is 0.290. The Kier molecular flexibility index (Phi) is 2.86. The quantitative estimate of drug-likeness (QED) is 0.546. The van der Waals surface area contributed by atoms with Gasteiger partial charge < -0.3 is 14.4 Å². The van der Waals surface area contributed by atoms with Crippen molar-refractivity contribution in [2.45, 2.75) is 25.2 Å². The summed E-state index contributed by atoms with van der Waals surface area (Å²) in [5.41, 5.74) is 0. The normalized spacial score (nSPS) is 36.7. The third-order valence-electron chi connectivity index (χ3n) is 1.41. The molecule has 3 unspecified atom stereocenters. The van der Waals surface area contributed by atoms with Gasteiger partial charge in [0.15, 0.2) is 6.29 Å². The number of aliphatic hydroxyl groups excluding tert-OH is 1. The van der Waals surface area contributed by atoms with Gasteiger partial charge in [-0.2, -0.15) is 0 Å². The summed E-state index contributed by atoms with van der Waals surface area (Å²) in [6.45, 7) is 0.597. The van der Waals surface area contributed by atoms with E-state index in [-0.39, 0.29) is 6.10 Å². The van der Waals surface area contributed by atoms with Crippen molar-refractivity contribution in [1.29, 1.82) is 0 Å². The van der Waals surface area contributed by atoms with Crippen LogP contribution >= 0.6 is 9.47 Å². The van der Waals surface area contributed by atoms with E-state index in [0.717, 1.165) is 6.42 Å². The minimum Gasteiger partial charge on any atom is -0.368 e. The van der Waals surface area contributed by atoms with Crippen LogP contribution < -0.4 is 0 Å². The molecule has 1 aliphatic rings. The van der Waals surface area contributed by atoms with Crippen LogP contribution in [0.4, 0.5) is 0 Å². The van der Waals surface area contributed by atoms with Crippen molar-refractivity contribution in [2.24, 2.45) is 0 Å². The van der Waals surface area contributed by atoms with E-state index in [2.05, 4.69) is 9.47 Å². The molecule has 3 atom stereocenters. The minimum atomic E-state index is -0.621. The third-order valence-corrected chi connectivity index (χ3v) is 1.79. The molecule has 0 spiro atoms. The molecule has 4 heteroatoms. The Morgan fingerprint density at radius 2 is 2.44 bits per heavy atom. The zero-order valence-electron chi connectivity index (χ0n) is 5.12. The van der Waals surface area contributed by atoms with Crippen molar-refractivity contribution in [2.75, 3.05) is 6.61 Å². The van der Waals surface area contributed by atoms with E-state index in [1.54, 1.807) is 0 Å². The zero-order chi connectivity index (χ0) is 6.69. The highest BCUT2D eigenvalue weighted by atomic mass is 31.0. The maximum Gasteiger partial charge on any atom is 0.157 e. The summed E-state index contributed by atoms with van der Waals surface area (Å²) in [6.07, 6.45) is 0.993. The van der Waals surface area contributed by atoms with Crippen molar-refractivity contribution < 1.29 is 14.4 Å². The lowest BCUT2D eigenvalue weighted by Crippen LogP contribution is -2.28. The molecular formula is C5H11O3P. The number of aliphatic hydroxyl groups is 1. The van der Waals surface area contributed by atoms with E-state index in [9.17, 15) is 0 Å². The van der Waals surface area contributed by atoms with Crippen molar-refractivity contribution in [3.8, 4) is 0 Å². The van der Waals surface area contributed by atoms with Crippen LogP contribution in [0.3, 0.4) is 0 Å². The van der Waals surface area contributed by atoms with Crippen LogP contribution in [0.2, 0.25) is 0 Å². The maximum atomic E-state index is 8.90. The summed E-state index contributed by atoms with van der Waals surface area (Å²) in [7, 11) is 2.20. The summed E-state index contributed by atoms with van der Waals surface area (Å²) < 4.78 is 9.81. The van der Waals surface area contributed by atoms with Gasteiger partial charge in [0.25, 0.3) is 0 Å². The minimum absolute atomic E-state index is 0.152. The summed E-state index contributed by atoms with van der Waals surface area (Å²) in [4.78, 5) is 0. The fourth-order valence-electron chi connectivity index (χ4n) is 0.870. The molecule has 1 N–H and O–H groups in total. The van der Waals surface area contributed by atoms with Gasteiger partial charge in [-0.1, -0.05) is 0 Å². The molecule has 9 heavy (non-hydrogen) atoms. The molecule has 1 heterocycles. The number of ether oxygens (including phenoxy) is 1. The van der Waals surface area contributed by atoms with Crippen molar-refractivity contribution >= 4 is 9.47 Å². The highest BCUT2D eigenvalue weighted by molar-refractivity contribution is 7.09. The fraction of sp³-hybridized carbons (Fsp3) is 1.00. The van der Waals surface area contributed by atoms with Gasteiger partial charge in [-0.25, -0.2) is 0 Å². The first-order valence-electron chi connectivity index (χ1n) is 2.98. The van der Waals surface area contributed by atoms with Crippen molar-refractivity contribution in [3.63, 3.8) is 0 Å². The second-order valence-electron chi connectivity index (χ2n) is 2.11. The van der Waals surface area contributed by atoms with Gasteiger partial charge in [0.2, 0.25) is 0 Å². The first-order chi connectivity index (χ1) is 4.33. The lowest BCUT2D eigenvalue weighted by molar-refractivity contribution is -0.146. The fourth-order valence-corrected chi connectivity index (χ4v) is 1.12. The lowest BCUT2D eigenvalue weighted by Gasteiger charge is -2.24. The summed E-state index contributed by atoms with van der Waals surface area (Å²) in [5.74, 6) is 0. The first-order valence-corrected chi connectivity index (χ1v) is 3.45. The average Bonchev–Trinajstić information content (AvgIpc) is 1.88. The zero-order valence-corrected chi connectivity index (χ0v) is 6.27. The highest BCUT2D eigenvalue weighted by Crippen LogP contribution is 2.16. The van der Waals surface area contributed by atoms with Crippen LogP contribution in [-0.4, -0.2) is 24.1 Å². The average molecular weight is 150 g/mol. The lowest BCUT2D eigenvalue weighted by atomic mass is 10.1. The smallest absolute Gasteiger partial charge is 0.157 e. The van der Waals surface area contributed by atoms with Gasteiger partial charge in [-0.3, -0.25) is 0 Å². The van der Waals surface area contributed by atoms with Crippen molar-refractivity contribution in [3.05, 3.63) is 0 Å². The number of hydrogen-bond donors (Lipinski definition) is 1. The first kappa shape index (κ1) is 7.42. The Morgan fingerprint density at radius 3 is 2.89 bits per heavy atom. The molecule has 1 saturated heterocycles. The third kappa shape index (κ3) is 2.18. The van der Waals surface area contributed by atoms with Crippen LogP contribution in [-0.2, 0) is 9.26 Å². The molecule has 0 aromatic heterocycles. The summed E-state index contributed by atoms with van der Waals surface area (Å²) in [6, 6.07) is 0. The Morgan fingerprint density at radius 1 is 1.67 bits per heavy atom. The van der Waals surface area contributed by atoms with Gasteiger partial charge >= 0.3 is 0 Å². The molecule has 0 aromatic rings. The Bertz CT molecular complexity index is 88.3. The largest absolute Gasteiger partial charge is 0.368 e. The molecule has 0 aromatic carbocycles. The van der Waals surface area contributed by atoms with E-state index in [4.69, 9.17) is 14.4 Å². The molecule has 3 nitrogen and oxygen atoms in total. The standard InChI is InChI=1S/C5H11O3P/c6-5-3-4(8-9)1-2-7-5/h4-6H,1-3,9H2. The van der Waals surface area contributed by atoms with Crippen molar-refractivity contribution in [1.82, 2.24) is 0 Å².